The van der Waals surface area contributed by atoms with Crippen molar-refractivity contribution in [1.29, 1.82) is 0 Å². The summed E-state index contributed by atoms with van der Waals surface area (Å²) in [6, 6.07) is 9.39. The van der Waals surface area contributed by atoms with Crippen LogP contribution in [0.4, 0.5) is 4.79 Å². The second-order valence-corrected chi connectivity index (χ2v) is 6.88. The van der Waals surface area contributed by atoms with Gasteiger partial charge in [-0.1, -0.05) is 30.3 Å². The molecule has 0 aliphatic carbocycles. The van der Waals surface area contributed by atoms with Crippen LogP contribution in [0.5, 0.6) is 0 Å². The molecule has 23 heavy (non-hydrogen) atoms. The molecule has 1 saturated heterocycles. The van der Waals surface area contributed by atoms with Crippen molar-refractivity contribution in [2.45, 2.75) is 45.3 Å². The third kappa shape index (κ3) is 4.47. The van der Waals surface area contributed by atoms with Crippen LogP contribution in [0.1, 0.15) is 32.8 Å². The first kappa shape index (κ1) is 17.3. The van der Waals surface area contributed by atoms with Crippen molar-refractivity contribution in [3.05, 3.63) is 35.9 Å². The average Bonchev–Trinajstić information content (AvgIpc) is 2.89. The third-order valence-electron chi connectivity index (χ3n) is 3.93. The van der Waals surface area contributed by atoms with Crippen molar-refractivity contribution >= 4 is 12.1 Å². The number of hydrogen-bond donors (Lipinski definition) is 0. The molecule has 126 valence electrons. The van der Waals surface area contributed by atoms with Crippen LogP contribution in [-0.2, 0) is 20.7 Å². The van der Waals surface area contributed by atoms with Crippen LogP contribution in [-0.4, -0.2) is 42.3 Å². The van der Waals surface area contributed by atoms with Crippen molar-refractivity contribution < 1.29 is 19.1 Å². The molecule has 1 aliphatic rings. The molecule has 1 aromatic carbocycles. The van der Waals surface area contributed by atoms with Crippen molar-refractivity contribution in [1.82, 2.24) is 4.90 Å². The Hall–Kier alpha value is -2.04. The topological polar surface area (TPSA) is 55.8 Å². The van der Waals surface area contributed by atoms with E-state index in [9.17, 15) is 9.59 Å². The number of methoxy groups -OCH3 is 1. The minimum absolute atomic E-state index is 0.0392. The Kier molecular flexibility index (Phi) is 5.29. The van der Waals surface area contributed by atoms with E-state index in [1.54, 1.807) is 0 Å². The highest BCUT2D eigenvalue weighted by Crippen LogP contribution is 2.30. The minimum Gasteiger partial charge on any atom is -0.467 e. The van der Waals surface area contributed by atoms with Gasteiger partial charge in [-0.05, 0) is 45.1 Å². The van der Waals surface area contributed by atoms with Gasteiger partial charge in [-0.15, -0.1) is 0 Å². The molecule has 1 aliphatic heterocycles. The number of hydrogen-bond acceptors (Lipinski definition) is 4. The molecule has 2 rings (SSSR count). The number of esters is 1. The van der Waals surface area contributed by atoms with Crippen LogP contribution in [0.15, 0.2) is 30.3 Å². The van der Waals surface area contributed by atoms with E-state index in [2.05, 4.69) is 0 Å². The Morgan fingerprint density at radius 2 is 1.87 bits per heavy atom. The molecule has 5 heteroatoms. The van der Waals surface area contributed by atoms with Gasteiger partial charge in [0, 0.05) is 6.54 Å². The third-order valence-corrected chi connectivity index (χ3v) is 3.93. The summed E-state index contributed by atoms with van der Waals surface area (Å²) < 4.78 is 10.3. The number of likely N-dealkylation sites (tertiary alicyclic amines) is 1. The lowest BCUT2D eigenvalue weighted by atomic mass is 9.92. The Morgan fingerprint density at radius 1 is 1.22 bits per heavy atom. The summed E-state index contributed by atoms with van der Waals surface area (Å²) in [7, 11) is 1.35. The average molecular weight is 319 g/mol. The number of rotatable bonds is 3. The van der Waals surface area contributed by atoms with Crippen LogP contribution < -0.4 is 0 Å². The summed E-state index contributed by atoms with van der Waals surface area (Å²) >= 11 is 0. The molecule has 2 atom stereocenters. The van der Waals surface area contributed by atoms with E-state index in [1.807, 2.05) is 51.1 Å². The monoisotopic (exact) mass is 319 g/mol. The smallest absolute Gasteiger partial charge is 0.411 e. The van der Waals surface area contributed by atoms with Gasteiger partial charge in [0.2, 0.25) is 0 Å². The Bertz CT molecular complexity index is 550. The Balaban J connectivity index is 2.15. The molecule has 5 nitrogen and oxygen atoms in total. The van der Waals surface area contributed by atoms with Crippen LogP contribution in [0.25, 0.3) is 0 Å². The van der Waals surface area contributed by atoms with E-state index < -0.39 is 17.7 Å². The first-order valence-electron chi connectivity index (χ1n) is 7.93. The van der Waals surface area contributed by atoms with Gasteiger partial charge >= 0.3 is 12.1 Å². The molecule has 0 spiro atoms. The van der Waals surface area contributed by atoms with Gasteiger partial charge in [0.25, 0.3) is 0 Å². The predicted octanol–water partition coefficient (Wildman–Crippen LogP) is 3.03. The van der Waals surface area contributed by atoms with Crippen molar-refractivity contribution in [2.75, 3.05) is 13.7 Å². The highest BCUT2D eigenvalue weighted by molar-refractivity contribution is 5.82. The largest absolute Gasteiger partial charge is 0.467 e. The summed E-state index contributed by atoms with van der Waals surface area (Å²) in [5, 5.41) is 0. The zero-order valence-corrected chi connectivity index (χ0v) is 14.2. The number of carbonyl (C=O) groups is 2. The molecular weight excluding hydrogens is 294 g/mol. The molecule has 0 radical (unpaired) electrons. The minimum atomic E-state index is -0.588. The van der Waals surface area contributed by atoms with Crippen LogP contribution in [0, 0.1) is 5.92 Å². The molecular formula is C18H25NO4. The maximum absolute atomic E-state index is 12.4. The van der Waals surface area contributed by atoms with Crippen molar-refractivity contribution in [3.8, 4) is 0 Å². The summed E-state index contributed by atoms with van der Waals surface area (Å²) in [5.74, 6) is -0.341. The normalized spacial score (nSPS) is 21.1. The standard InChI is InChI=1S/C18H25NO4/c1-18(2,3)23-17(21)19-11-10-14(15(19)16(20)22-4)12-13-8-6-5-7-9-13/h5-9,14-15H,10-12H2,1-4H3/t14-,15+/m0/s1. The number of carbonyl (C=O) groups excluding carboxylic acids is 2. The Morgan fingerprint density at radius 3 is 2.43 bits per heavy atom. The predicted molar refractivity (Wildman–Crippen MR) is 87.0 cm³/mol. The van der Waals surface area contributed by atoms with Crippen molar-refractivity contribution in [2.24, 2.45) is 5.92 Å². The molecule has 0 unspecified atom stereocenters. The molecule has 1 fully saturated rings. The van der Waals surface area contributed by atoms with E-state index >= 15 is 0 Å². The number of nitrogens with zero attached hydrogens (tertiary/aromatic N) is 1. The zero-order chi connectivity index (χ0) is 17.0. The summed E-state index contributed by atoms with van der Waals surface area (Å²) in [6.07, 6.45) is 1.04. The molecule has 0 N–H and O–H groups in total. The maximum atomic E-state index is 12.4. The highest BCUT2D eigenvalue weighted by Gasteiger charge is 2.44. The summed E-state index contributed by atoms with van der Waals surface area (Å²) in [6.45, 7) is 5.95. The summed E-state index contributed by atoms with van der Waals surface area (Å²) in [5.41, 5.74) is 0.562. The van der Waals surface area contributed by atoms with Crippen LogP contribution >= 0.6 is 0 Å². The highest BCUT2D eigenvalue weighted by atomic mass is 16.6. The Labute approximate surface area is 137 Å². The van der Waals surface area contributed by atoms with Crippen molar-refractivity contribution in [3.63, 3.8) is 0 Å². The van der Waals surface area contributed by atoms with Gasteiger partial charge in [-0.2, -0.15) is 0 Å². The number of benzene rings is 1. The first-order chi connectivity index (χ1) is 10.8. The lowest BCUT2D eigenvalue weighted by Crippen LogP contribution is -2.46. The van der Waals surface area contributed by atoms with E-state index in [4.69, 9.17) is 9.47 Å². The van der Waals surface area contributed by atoms with Crippen LogP contribution in [0.2, 0.25) is 0 Å². The maximum Gasteiger partial charge on any atom is 0.411 e. The van der Waals surface area contributed by atoms with E-state index in [0.29, 0.717) is 6.54 Å². The zero-order valence-electron chi connectivity index (χ0n) is 14.2. The molecule has 0 bridgehead atoms. The van der Waals surface area contributed by atoms with Gasteiger partial charge in [0.1, 0.15) is 11.6 Å². The van der Waals surface area contributed by atoms with E-state index in [1.165, 1.54) is 12.0 Å². The van der Waals surface area contributed by atoms with Gasteiger partial charge in [0.15, 0.2) is 0 Å². The lowest BCUT2D eigenvalue weighted by Gasteiger charge is -2.29. The second-order valence-electron chi connectivity index (χ2n) is 6.88. The number of ether oxygens (including phenoxy) is 2. The van der Waals surface area contributed by atoms with E-state index in [-0.39, 0.29) is 11.9 Å². The fourth-order valence-electron chi connectivity index (χ4n) is 2.95. The summed E-state index contributed by atoms with van der Waals surface area (Å²) in [4.78, 5) is 26.1. The molecule has 1 heterocycles. The fraction of sp³-hybridized carbons (Fsp3) is 0.556. The second kappa shape index (κ2) is 7.02. The SMILES string of the molecule is COC(=O)[C@H]1[C@H](Cc2ccccc2)CCN1C(=O)OC(C)(C)C. The van der Waals surface area contributed by atoms with Crippen LogP contribution in [0.3, 0.4) is 0 Å². The molecule has 0 aromatic heterocycles. The fourth-order valence-corrected chi connectivity index (χ4v) is 2.95. The van der Waals surface area contributed by atoms with Gasteiger partial charge < -0.3 is 9.47 Å². The molecule has 1 amide bonds. The van der Waals surface area contributed by atoms with E-state index in [0.717, 1.165) is 18.4 Å². The molecule has 1 aromatic rings. The number of amides is 1. The lowest BCUT2D eigenvalue weighted by molar-refractivity contribution is -0.147. The van der Waals surface area contributed by atoms with Gasteiger partial charge in [0.05, 0.1) is 7.11 Å². The van der Waals surface area contributed by atoms with Gasteiger partial charge in [-0.25, -0.2) is 9.59 Å². The first-order valence-corrected chi connectivity index (χ1v) is 7.93. The van der Waals surface area contributed by atoms with Gasteiger partial charge in [-0.3, -0.25) is 4.90 Å². The molecule has 0 saturated carbocycles. The quantitative estimate of drug-likeness (QED) is 0.804.